The van der Waals surface area contributed by atoms with Crippen molar-refractivity contribution in [2.45, 2.75) is 24.4 Å². The Kier molecular flexibility index (Phi) is 6.58. The highest BCUT2D eigenvalue weighted by atomic mass is 32.2. The molecule has 0 saturated carbocycles. The molecule has 0 fully saturated rings. The number of rotatable bonds is 9. The molecule has 1 N–H and O–H groups in total. The molecule has 10 nitrogen and oxygen atoms in total. The lowest BCUT2D eigenvalue weighted by Crippen LogP contribution is -2.16. The molecule has 186 valence electrons. The molecule has 0 aliphatic rings. The van der Waals surface area contributed by atoms with Crippen LogP contribution in [-0.4, -0.2) is 43.9 Å². The van der Waals surface area contributed by atoms with E-state index < -0.39 is 27.9 Å². The Hall–Kier alpha value is -3.78. The van der Waals surface area contributed by atoms with Crippen molar-refractivity contribution in [1.82, 2.24) is 14.9 Å². The van der Waals surface area contributed by atoms with Gasteiger partial charge in [0, 0.05) is 12.4 Å². The average molecular weight is 512 g/mol. The lowest BCUT2D eigenvalue weighted by atomic mass is 10.1. The van der Waals surface area contributed by atoms with Crippen LogP contribution in [0.2, 0.25) is 0 Å². The predicted octanol–water partition coefficient (Wildman–Crippen LogP) is 3.93. The summed E-state index contributed by atoms with van der Waals surface area (Å²) in [7, 11) is -1.73. The molecule has 0 amide bonds. The fourth-order valence-electron chi connectivity index (χ4n) is 3.36. The third kappa shape index (κ3) is 5.49. The Balaban J connectivity index is 1.67. The van der Waals surface area contributed by atoms with E-state index in [1.165, 1.54) is 26.4 Å². The van der Waals surface area contributed by atoms with Crippen molar-refractivity contribution in [2.24, 2.45) is 0 Å². The van der Waals surface area contributed by atoms with E-state index in [-0.39, 0.29) is 28.1 Å². The van der Waals surface area contributed by atoms with Gasteiger partial charge in [0.2, 0.25) is 0 Å². The van der Waals surface area contributed by atoms with Crippen molar-refractivity contribution in [3.8, 4) is 11.5 Å². The molecule has 0 bridgehead atoms. The Morgan fingerprint density at radius 1 is 1.09 bits per heavy atom. The summed E-state index contributed by atoms with van der Waals surface area (Å²) in [5.41, 5.74) is 0.987. The van der Waals surface area contributed by atoms with E-state index in [9.17, 15) is 21.6 Å². The predicted molar refractivity (Wildman–Crippen MR) is 117 cm³/mol. The van der Waals surface area contributed by atoms with Crippen molar-refractivity contribution in [2.75, 3.05) is 18.9 Å². The highest BCUT2D eigenvalue weighted by molar-refractivity contribution is 7.92. The first kappa shape index (κ1) is 24.3. The number of halogens is 3. The molecular formula is C21H19F3N4O6S. The van der Waals surface area contributed by atoms with Crippen LogP contribution in [0.15, 0.2) is 58.2 Å². The Bertz CT molecular complexity index is 1440. The van der Waals surface area contributed by atoms with Gasteiger partial charge in [-0.3, -0.25) is 14.1 Å². The molecule has 4 aromatic rings. The number of methoxy groups -OCH3 is 2. The van der Waals surface area contributed by atoms with E-state index >= 15 is 0 Å². The fourth-order valence-corrected chi connectivity index (χ4v) is 4.59. The number of ether oxygens (including phenoxy) is 3. The van der Waals surface area contributed by atoms with Gasteiger partial charge in [-0.2, -0.15) is 5.10 Å². The van der Waals surface area contributed by atoms with Gasteiger partial charge >= 0.3 is 6.36 Å². The lowest BCUT2D eigenvalue weighted by Gasteiger charge is -2.13. The number of benzene rings is 2. The number of hydrogen-bond donors (Lipinski definition) is 1. The van der Waals surface area contributed by atoms with E-state index in [1.54, 1.807) is 35.3 Å². The maximum Gasteiger partial charge on any atom is 0.522 e. The molecule has 35 heavy (non-hydrogen) atoms. The normalized spacial score (nSPS) is 12.1. The lowest BCUT2D eigenvalue weighted by molar-refractivity contribution is -0.330. The van der Waals surface area contributed by atoms with Crippen LogP contribution in [0, 0.1) is 0 Å². The van der Waals surface area contributed by atoms with E-state index in [0.717, 1.165) is 11.6 Å². The smallest absolute Gasteiger partial charge is 0.496 e. The highest BCUT2D eigenvalue weighted by Gasteiger charge is 2.30. The van der Waals surface area contributed by atoms with Gasteiger partial charge in [-0.25, -0.2) is 8.42 Å². The number of fused-ring (bicyclic) bond motifs is 1. The molecule has 0 spiro atoms. The Labute approximate surface area is 197 Å². The zero-order valence-electron chi connectivity index (χ0n) is 18.4. The topological polar surface area (TPSA) is 118 Å². The van der Waals surface area contributed by atoms with Gasteiger partial charge in [0.1, 0.15) is 21.8 Å². The molecule has 0 atom stereocenters. The quantitative estimate of drug-likeness (QED) is 0.359. The third-order valence-corrected chi connectivity index (χ3v) is 6.23. The highest BCUT2D eigenvalue weighted by Crippen LogP contribution is 2.36. The first-order valence-corrected chi connectivity index (χ1v) is 11.4. The summed E-state index contributed by atoms with van der Waals surface area (Å²) < 4.78 is 87.2. The number of hydrogen-bond acceptors (Lipinski definition) is 8. The number of nitrogens with one attached hydrogen (secondary N) is 1. The summed E-state index contributed by atoms with van der Waals surface area (Å²) in [5, 5.41) is 8.22. The second kappa shape index (κ2) is 9.46. The molecule has 0 aliphatic heterocycles. The molecule has 0 radical (unpaired) electrons. The molecule has 0 aliphatic carbocycles. The van der Waals surface area contributed by atoms with Crippen molar-refractivity contribution < 1.29 is 40.3 Å². The number of aromatic nitrogens is 3. The summed E-state index contributed by atoms with van der Waals surface area (Å²) in [6.07, 6.45) is -1.46. The second-order valence-electron chi connectivity index (χ2n) is 7.23. The number of sulfonamides is 1. The number of alkyl halides is 3. The van der Waals surface area contributed by atoms with Crippen LogP contribution in [0.3, 0.4) is 0 Å². The van der Waals surface area contributed by atoms with E-state index in [4.69, 9.17) is 14.0 Å². The van der Waals surface area contributed by atoms with Crippen molar-refractivity contribution >= 4 is 26.8 Å². The zero-order chi connectivity index (χ0) is 25.2. The minimum Gasteiger partial charge on any atom is -0.496 e. The first-order chi connectivity index (χ1) is 16.6. The van der Waals surface area contributed by atoms with E-state index in [0.29, 0.717) is 12.3 Å². The molecular weight excluding hydrogens is 493 g/mol. The molecule has 0 unspecified atom stereocenters. The van der Waals surface area contributed by atoms with Crippen molar-refractivity contribution in [3.63, 3.8) is 0 Å². The van der Waals surface area contributed by atoms with Crippen LogP contribution in [0.1, 0.15) is 11.1 Å². The SMILES string of the molecule is COc1ccc(COC(F)(F)F)cc1S(=O)(=O)Nc1noc2cc(Cn3cccn3)cc(OC)c12. The molecule has 0 saturated heterocycles. The monoisotopic (exact) mass is 512 g/mol. The van der Waals surface area contributed by atoms with Gasteiger partial charge < -0.3 is 14.0 Å². The average Bonchev–Trinajstić information content (AvgIpc) is 3.46. The molecule has 2 heterocycles. The molecule has 4 rings (SSSR count). The van der Waals surface area contributed by atoms with Gasteiger partial charge in [-0.05, 0) is 41.5 Å². The second-order valence-corrected chi connectivity index (χ2v) is 8.88. The van der Waals surface area contributed by atoms with Crippen LogP contribution in [-0.2, 0) is 27.9 Å². The largest absolute Gasteiger partial charge is 0.522 e. The summed E-state index contributed by atoms with van der Waals surface area (Å²) in [4.78, 5) is -0.409. The Morgan fingerprint density at radius 2 is 1.86 bits per heavy atom. The van der Waals surface area contributed by atoms with Crippen LogP contribution >= 0.6 is 0 Å². The maximum absolute atomic E-state index is 13.2. The van der Waals surface area contributed by atoms with Crippen LogP contribution in [0.25, 0.3) is 11.0 Å². The zero-order valence-corrected chi connectivity index (χ0v) is 19.2. The van der Waals surface area contributed by atoms with Crippen LogP contribution in [0.5, 0.6) is 11.5 Å². The molecule has 2 aromatic carbocycles. The standard InChI is InChI=1S/C21H19F3N4O6S/c1-31-15-5-4-13(12-33-21(22,23)24)10-18(15)35(29,30)27-20-19-16(32-2)8-14(9-17(19)34-26-20)11-28-7-3-6-25-28/h3-10H,11-12H2,1-2H3,(H,26,27). The van der Waals surface area contributed by atoms with Crippen LogP contribution in [0.4, 0.5) is 19.0 Å². The van der Waals surface area contributed by atoms with Crippen molar-refractivity contribution in [1.29, 1.82) is 0 Å². The van der Waals surface area contributed by atoms with Gasteiger partial charge in [0.25, 0.3) is 10.0 Å². The summed E-state index contributed by atoms with van der Waals surface area (Å²) in [5.74, 6) is 0.0407. The number of anilines is 1. The molecule has 2 aromatic heterocycles. The summed E-state index contributed by atoms with van der Waals surface area (Å²) in [6, 6.07) is 8.64. The van der Waals surface area contributed by atoms with Crippen LogP contribution < -0.4 is 14.2 Å². The Morgan fingerprint density at radius 3 is 2.51 bits per heavy atom. The minimum absolute atomic E-state index is 0.0330. The summed E-state index contributed by atoms with van der Waals surface area (Å²) >= 11 is 0. The fraction of sp³-hybridized carbons (Fsp3) is 0.238. The molecule has 14 heteroatoms. The van der Waals surface area contributed by atoms with Crippen molar-refractivity contribution in [3.05, 3.63) is 59.9 Å². The van der Waals surface area contributed by atoms with E-state index in [1.807, 2.05) is 0 Å². The van der Waals surface area contributed by atoms with Gasteiger partial charge in [-0.1, -0.05) is 11.2 Å². The minimum atomic E-state index is -4.87. The third-order valence-electron chi connectivity index (χ3n) is 4.87. The number of nitrogens with zero attached hydrogens (tertiary/aromatic N) is 3. The van der Waals surface area contributed by atoms with E-state index in [2.05, 4.69) is 19.7 Å². The van der Waals surface area contributed by atoms with Gasteiger partial charge in [0.05, 0.1) is 27.4 Å². The van der Waals surface area contributed by atoms with Gasteiger partial charge in [-0.15, -0.1) is 13.2 Å². The van der Waals surface area contributed by atoms with Gasteiger partial charge in [0.15, 0.2) is 11.4 Å². The maximum atomic E-state index is 13.2. The first-order valence-electron chi connectivity index (χ1n) is 9.94. The summed E-state index contributed by atoms with van der Waals surface area (Å²) in [6.45, 7) is -0.471.